The van der Waals surface area contributed by atoms with Crippen molar-refractivity contribution in [2.75, 3.05) is 25.0 Å². The summed E-state index contributed by atoms with van der Waals surface area (Å²) in [5, 5.41) is 13.2. The average molecular weight is 255 g/mol. The van der Waals surface area contributed by atoms with Gasteiger partial charge >= 0.3 is 0 Å². The quantitative estimate of drug-likeness (QED) is 0.635. The fourth-order valence-corrected chi connectivity index (χ4v) is 1.44. The molecule has 0 aromatic heterocycles. The van der Waals surface area contributed by atoms with Crippen molar-refractivity contribution in [2.24, 2.45) is 0 Å². The van der Waals surface area contributed by atoms with E-state index in [0.29, 0.717) is 6.54 Å². The molecule has 6 nitrogen and oxygen atoms in total. The molecule has 1 N–H and O–H groups in total. The van der Waals surface area contributed by atoms with Crippen molar-refractivity contribution in [1.82, 2.24) is 5.32 Å². The van der Waals surface area contributed by atoms with Gasteiger partial charge in [-0.1, -0.05) is 0 Å². The number of amides is 1. The number of hydrogen-bond acceptors (Lipinski definition) is 4. The number of nitro benzene ring substituents is 1. The van der Waals surface area contributed by atoms with Gasteiger partial charge in [-0.15, -0.1) is 0 Å². The maximum absolute atomic E-state index is 13.2. The molecule has 0 heterocycles. The van der Waals surface area contributed by atoms with Gasteiger partial charge in [-0.2, -0.15) is 0 Å². The second kappa shape index (κ2) is 5.95. The Hall–Kier alpha value is -2.18. The molecule has 0 spiro atoms. The zero-order valence-electron chi connectivity index (χ0n) is 10.1. The maximum atomic E-state index is 13.2. The third kappa shape index (κ3) is 3.69. The van der Waals surface area contributed by atoms with Gasteiger partial charge in [0.1, 0.15) is 5.82 Å². The molecule has 98 valence electrons. The standard InChI is InChI=1S/C11H14FN3O3/c1-3-13-11(16)7-14(2)9-4-8(12)5-10(6-9)15(17)18/h4-6H,3,7H2,1-2H3,(H,13,16). The van der Waals surface area contributed by atoms with E-state index < -0.39 is 10.7 Å². The third-order valence-electron chi connectivity index (χ3n) is 2.27. The van der Waals surface area contributed by atoms with Gasteiger partial charge in [0.2, 0.25) is 5.91 Å². The Morgan fingerprint density at radius 2 is 2.17 bits per heavy atom. The Bertz CT molecular complexity index is 465. The van der Waals surface area contributed by atoms with Crippen LogP contribution in [0, 0.1) is 15.9 Å². The average Bonchev–Trinajstić information content (AvgIpc) is 2.28. The number of carbonyl (C=O) groups is 1. The highest BCUT2D eigenvalue weighted by Gasteiger charge is 2.13. The molecule has 0 atom stereocenters. The molecular formula is C11H14FN3O3. The van der Waals surface area contributed by atoms with E-state index >= 15 is 0 Å². The molecular weight excluding hydrogens is 241 g/mol. The molecule has 0 aliphatic rings. The van der Waals surface area contributed by atoms with Gasteiger partial charge in [-0.25, -0.2) is 4.39 Å². The van der Waals surface area contributed by atoms with Crippen LogP contribution in [-0.2, 0) is 4.79 Å². The minimum atomic E-state index is -0.707. The zero-order valence-corrected chi connectivity index (χ0v) is 10.1. The summed E-state index contributed by atoms with van der Waals surface area (Å²) in [6.45, 7) is 2.29. The number of halogens is 1. The van der Waals surface area contributed by atoms with Gasteiger partial charge in [-0.3, -0.25) is 14.9 Å². The molecule has 0 fully saturated rings. The molecule has 0 saturated carbocycles. The predicted molar refractivity (Wildman–Crippen MR) is 65.0 cm³/mol. The summed E-state index contributed by atoms with van der Waals surface area (Å²) in [5.41, 5.74) is -0.0549. The lowest BCUT2D eigenvalue weighted by atomic mass is 10.2. The number of carbonyl (C=O) groups excluding carboxylic acids is 1. The number of non-ortho nitro benzene ring substituents is 1. The summed E-state index contributed by atoms with van der Waals surface area (Å²) in [6.07, 6.45) is 0. The molecule has 1 aromatic carbocycles. The highest BCUT2D eigenvalue weighted by molar-refractivity contribution is 5.81. The first-order valence-electron chi connectivity index (χ1n) is 5.37. The molecule has 7 heteroatoms. The van der Waals surface area contributed by atoms with E-state index in [1.165, 1.54) is 11.0 Å². The minimum Gasteiger partial charge on any atom is -0.365 e. The summed E-state index contributed by atoms with van der Waals surface area (Å²) < 4.78 is 13.2. The molecule has 1 rings (SSSR count). The van der Waals surface area contributed by atoms with E-state index in [0.717, 1.165) is 12.1 Å². The summed E-state index contributed by atoms with van der Waals surface area (Å²) in [6, 6.07) is 3.21. The fraction of sp³-hybridized carbons (Fsp3) is 0.364. The third-order valence-corrected chi connectivity index (χ3v) is 2.27. The van der Waals surface area contributed by atoms with Gasteiger partial charge in [0.05, 0.1) is 17.5 Å². The summed E-state index contributed by atoms with van der Waals surface area (Å²) >= 11 is 0. The van der Waals surface area contributed by atoms with E-state index in [2.05, 4.69) is 5.32 Å². The van der Waals surface area contributed by atoms with Crippen LogP contribution in [-0.4, -0.2) is 31.0 Å². The van der Waals surface area contributed by atoms with Gasteiger partial charge in [0, 0.05) is 25.3 Å². The van der Waals surface area contributed by atoms with E-state index in [4.69, 9.17) is 0 Å². The van der Waals surface area contributed by atoms with Crippen molar-refractivity contribution < 1.29 is 14.1 Å². The zero-order chi connectivity index (χ0) is 13.7. The molecule has 0 bridgehead atoms. The Morgan fingerprint density at radius 3 is 2.72 bits per heavy atom. The maximum Gasteiger partial charge on any atom is 0.274 e. The predicted octanol–water partition coefficient (Wildman–Crippen LogP) is 1.31. The van der Waals surface area contributed by atoms with Crippen LogP contribution in [0.2, 0.25) is 0 Å². The molecule has 1 aromatic rings. The number of nitrogens with one attached hydrogen (secondary N) is 1. The fourth-order valence-electron chi connectivity index (χ4n) is 1.44. The topological polar surface area (TPSA) is 75.5 Å². The summed E-state index contributed by atoms with van der Waals surface area (Å²) in [7, 11) is 1.56. The Kier molecular flexibility index (Phi) is 4.59. The van der Waals surface area contributed by atoms with E-state index in [9.17, 15) is 19.3 Å². The van der Waals surface area contributed by atoms with Crippen molar-refractivity contribution in [3.05, 3.63) is 34.1 Å². The number of likely N-dealkylation sites (N-methyl/N-ethyl adjacent to an activating group) is 2. The first-order valence-corrected chi connectivity index (χ1v) is 5.37. The number of benzene rings is 1. The molecule has 0 aliphatic heterocycles. The molecule has 18 heavy (non-hydrogen) atoms. The Morgan fingerprint density at radius 1 is 1.50 bits per heavy atom. The van der Waals surface area contributed by atoms with Crippen molar-refractivity contribution in [1.29, 1.82) is 0 Å². The highest BCUT2D eigenvalue weighted by atomic mass is 19.1. The van der Waals surface area contributed by atoms with Crippen LogP contribution in [0.1, 0.15) is 6.92 Å². The number of nitrogens with zero attached hydrogens (tertiary/aromatic N) is 2. The first-order chi connectivity index (χ1) is 8.43. The van der Waals surface area contributed by atoms with Crippen LogP contribution in [0.25, 0.3) is 0 Å². The molecule has 0 aliphatic carbocycles. The molecule has 0 unspecified atom stereocenters. The Balaban J connectivity index is 2.88. The van der Waals surface area contributed by atoms with Gasteiger partial charge in [0.15, 0.2) is 0 Å². The summed E-state index contributed by atoms with van der Waals surface area (Å²) in [4.78, 5) is 22.7. The van der Waals surface area contributed by atoms with E-state index in [1.807, 2.05) is 0 Å². The smallest absolute Gasteiger partial charge is 0.274 e. The van der Waals surface area contributed by atoms with Crippen LogP contribution in [0.3, 0.4) is 0 Å². The monoisotopic (exact) mass is 255 g/mol. The SMILES string of the molecule is CCNC(=O)CN(C)c1cc(F)cc([N+](=O)[O-])c1. The highest BCUT2D eigenvalue weighted by Crippen LogP contribution is 2.22. The molecule has 1 amide bonds. The van der Waals surface area contributed by atoms with E-state index in [1.54, 1.807) is 14.0 Å². The second-order valence-electron chi connectivity index (χ2n) is 3.73. The van der Waals surface area contributed by atoms with E-state index in [-0.39, 0.29) is 23.8 Å². The van der Waals surface area contributed by atoms with Gasteiger partial charge in [0.25, 0.3) is 5.69 Å². The number of nitro groups is 1. The number of rotatable bonds is 5. The lowest BCUT2D eigenvalue weighted by Gasteiger charge is -2.18. The van der Waals surface area contributed by atoms with Crippen LogP contribution in [0.4, 0.5) is 15.8 Å². The van der Waals surface area contributed by atoms with Crippen LogP contribution < -0.4 is 10.2 Å². The Labute approximate surface area is 104 Å². The molecule has 0 radical (unpaired) electrons. The van der Waals surface area contributed by atoms with Crippen molar-refractivity contribution in [3.8, 4) is 0 Å². The van der Waals surface area contributed by atoms with Crippen molar-refractivity contribution >= 4 is 17.3 Å². The van der Waals surface area contributed by atoms with Crippen molar-refractivity contribution in [3.63, 3.8) is 0 Å². The second-order valence-corrected chi connectivity index (χ2v) is 3.73. The largest absolute Gasteiger partial charge is 0.365 e. The first kappa shape index (κ1) is 13.9. The van der Waals surface area contributed by atoms with Gasteiger partial charge < -0.3 is 10.2 Å². The van der Waals surface area contributed by atoms with Crippen LogP contribution in [0.5, 0.6) is 0 Å². The normalized spacial score (nSPS) is 9.94. The van der Waals surface area contributed by atoms with Crippen LogP contribution in [0.15, 0.2) is 18.2 Å². The van der Waals surface area contributed by atoms with Crippen LogP contribution >= 0.6 is 0 Å². The number of hydrogen-bond donors (Lipinski definition) is 1. The lowest BCUT2D eigenvalue weighted by Crippen LogP contribution is -2.35. The number of anilines is 1. The molecule has 0 saturated heterocycles. The summed E-state index contributed by atoms with van der Waals surface area (Å²) in [5.74, 6) is -0.936. The van der Waals surface area contributed by atoms with Crippen molar-refractivity contribution in [2.45, 2.75) is 6.92 Å². The van der Waals surface area contributed by atoms with Gasteiger partial charge in [-0.05, 0) is 13.0 Å². The lowest BCUT2D eigenvalue weighted by molar-refractivity contribution is -0.385. The minimum absolute atomic E-state index is 0.00838.